The fourth-order valence-corrected chi connectivity index (χ4v) is 5.34. The van der Waals surface area contributed by atoms with Gasteiger partial charge in [0.15, 0.2) is 5.78 Å². The largest absolute Gasteiger partial charge is 0.381 e. The Balaban J connectivity index is 1.72. The Hall–Kier alpha value is -2.66. The van der Waals surface area contributed by atoms with Crippen LogP contribution in [0.15, 0.2) is 53.1 Å². The SMILES string of the molecule is CCN(c1cccc2c1C/C=C/CCC1=C(CN(C)C2=O)C(=O)CC(C)=C1)C1CCOCC1. The number of amides is 1. The van der Waals surface area contributed by atoms with E-state index in [1.54, 1.807) is 4.90 Å². The van der Waals surface area contributed by atoms with Gasteiger partial charge in [0.25, 0.3) is 5.91 Å². The second-order valence-electron chi connectivity index (χ2n) is 9.40. The Morgan fingerprint density at radius 1 is 1.15 bits per heavy atom. The third-order valence-electron chi connectivity index (χ3n) is 7.06. The highest BCUT2D eigenvalue weighted by Gasteiger charge is 2.27. The highest BCUT2D eigenvalue weighted by molar-refractivity contribution is 6.02. The molecule has 0 bridgehead atoms. The number of benzene rings is 1. The van der Waals surface area contributed by atoms with E-state index in [1.807, 2.05) is 26.1 Å². The Morgan fingerprint density at radius 2 is 1.94 bits per heavy atom. The summed E-state index contributed by atoms with van der Waals surface area (Å²) < 4.78 is 5.59. The van der Waals surface area contributed by atoms with Crippen LogP contribution in [0.4, 0.5) is 5.69 Å². The molecule has 1 fully saturated rings. The van der Waals surface area contributed by atoms with E-state index in [9.17, 15) is 9.59 Å². The molecule has 176 valence electrons. The number of anilines is 1. The molecule has 33 heavy (non-hydrogen) atoms. The van der Waals surface area contributed by atoms with E-state index in [1.165, 1.54) is 0 Å². The van der Waals surface area contributed by atoms with Gasteiger partial charge < -0.3 is 14.5 Å². The third kappa shape index (κ3) is 5.14. The lowest BCUT2D eigenvalue weighted by Gasteiger charge is -2.37. The molecular weight excluding hydrogens is 412 g/mol. The monoisotopic (exact) mass is 448 g/mol. The smallest absolute Gasteiger partial charge is 0.254 e. The summed E-state index contributed by atoms with van der Waals surface area (Å²) in [6.45, 7) is 7.03. The zero-order chi connectivity index (χ0) is 23.4. The maximum absolute atomic E-state index is 13.7. The third-order valence-corrected chi connectivity index (χ3v) is 7.06. The number of allylic oxidation sites excluding steroid dienone is 5. The molecule has 1 aromatic carbocycles. The average Bonchev–Trinajstić information content (AvgIpc) is 2.81. The zero-order valence-corrected chi connectivity index (χ0v) is 20.2. The minimum Gasteiger partial charge on any atom is -0.381 e. The molecule has 0 atom stereocenters. The summed E-state index contributed by atoms with van der Waals surface area (Å²) in [5, 5.41) is 0. The number of likely N-dealkylation sites (N-methyl/N-ethyl adjacent to an activating group) is 1. The van der Waals surface area contributed by atoms with Gasteiger partial charge >= 0.3 is 0 Å². The van der Waals surface area contributed by atoms with E-state index >= 15 is 0 Å². The second-order valence-corrected chi connectivity index (χ2v) is 9.40. The summed E-state index contributed by atoms with van der Waals surface area (Å²) in [6, 6.07) is 6.52. The molecule has 0 N–H and O–H groups in total. The van der Waals surface area contributed by atoms with Gasteiger partial charge in [-0.15, -0.1) is 0 Å². The molecule has 0 radical (unpaired) electrons. The van der Waals surface area contributed by atoms with Crippen LogP contribution in [-0.4, -0.2) is 56.0 Å². The van der Waals surface area contributed by atoms with Crippen LogP contribution in [-0.2, 0) is 16.0 Å². The first-order valence-electron chi connectivity index (χ1n) is 12.3. The van der Waals surface area contributed by atoms with E-state index < -0.39 is 0 Å². The Labute approximate surface area is 197 Å². The van der Waals surface area contributed by atoms with Gasteiger partial charge in [0.05, 0.1) is 0 Å². The summed E-state index contributed by atoms with van der Waals surface area (Å²) in [6.07, 6.45) is 11.5. The van der Waals surface area contributed by atoms with Crippen LogP contribution in [0.25, 0.3) is 0 Å². The molecule has 0 spiro atoms. The van der Waals surface area contributed by atoms with Crippen LogP contribution in [0.2, 0.25) is 0 Å². The van der Waals surface area contributed by atoms with Gasteiger partial charge in [-0.1, -0.05) is 29.9 Å². The molecule has 2 aliphatic heterocycles. The van der Waals surface area contributed by atoms with Gasteiger partial charge in [0, 0.05) is 62.6 Å². The van der Waals surface area contributed by atoms with Crippen molar-refractivity contribution >= 4 is 17.4 Å². The molecule has 1 saturated heterocycles. The zero-order valence-electron chi connectivity index (χ0n) is 20.2. The van der Waals surface area contributed by atoms with Crippen molar-refractivity contribution in [3.63, 3.8) is 0 Å². The van der Waals surface area contributed by atoms with Crippen LogP contribution in [0.1, 0.15) is 61.9 Å². The molecular formula is C28H36N2O3. The van der Waals surface area contributed by atoms with Crippen LogP contribution in [0.3, 0.4) is 0 Å². The number of nitrogens with zero attached hydrogens (tertiary/aromatic N) is 2. The normalized spacial score (nSPS) is 21.5. The number of Topliss-reactive ketones (excluding diaryl/α,β-unsaturated/α-hetero) is 1. The lowest BCUT2D eigenvalue weighted by Crippen LogP contribution is -2.40. The number of carbonyl (C=O) groups excluding carboxylic acids is 2. The minimum atomic E-state index is -0.0187. The number of hydrogen-bond acceptors (Lipinski definition) is 4. The predicted molar refractivity (Wildman–Crippen MR) is 133 cm³/mol. The number of fused-ring (bicyclic) bond motifs is 1. The molecule has 5 heteroatoms. The first-order chi connectivity index (χ1) is 16.0. The number of ether oxygens (including phenoxy) is 1. The van der Waals surface area contributed by atoms with Gasteiger partial charge in [0.2, 0.25) is 0 Å². The maximum atomic E-state index is 13.7. The van der Waals surface area contributed by atoms with Crippen molar-refractivity contribution in [3.8, 4) is 0 Å². The number of hydrogen-bond donors (Lipinski definition) is 0. The van der Waals surface area contributed by atoms with Crippen LogP contribution < -0.4 is 4.90 Å². The van der Waals surface area contributed by atoms with E-state index in [0.717, 1.165) is 85.4 Å². The van der Waals surface area contributed by atoms with E-state index in [0.29, 0.717) is 19.0 Å². The number of ketones is 1. The first kappa shape index (κ1) is 23.5. The van der Waals surface area contributed by atoms with Gasteiger partial charge in [-0.25, -0.2) is 0 Å². The molecule has 1 amide bonds. The molecule has 3 aliphatic rings. The first-order valence-corrected chi connectivity index (χ1v) is 12.3. The quantitative estimate of drug-likeness (QED) is 0.619. The second kappa shape index (κ2) is 10.5. The lowest BCUT2D eigenvalue weighted by molar-refractivity contribution is -0.115. The molecule has 1 aromatic rings. The van der Waals surface area contributed by atoms with Gasteiger partial charge in [-0.3, -0.25) is 9.59 Å². The molecule has 0 unspecified atom stereocenters. The van der Waals surface area contributed by atoms with Crippen LogP contribution in [0, 0.1) is 0 Å². The lowest BCUT2D eigenvalue weighted by atomic mass is 9.88. The predicted octanol–water partition coefficient (Wildman–Crippen LogP) is 4.87. The fraction of sp³-hybridized carbons (Fsp3) is 0.500. The van der Waals surface area contributed by atoms with Crippen molar-refractivity contribution in [2.75, 3.05) is 38.3 Å². The van der Waals surface area contributed by atoms with Crippen molar-refractivity contribution in [2.24, 2.45) is 0 Å². The van der Waals surface area contributed by atoms with E-state index in [2.05, 4.69) is 36.1 Å². The van der Waals surface area contributed by atoms with Crippen LogP contribution in [0.5, 0.6) is 0 Å². The van der Waals surface area contributed by atoms with Crippen molar-refractivity contribution < 1.29 is 14.3 Å². The number of carbonyl (C=O) groups is 2. The maximum Gasteiger partial charge on any atom is 0.254 e. The minimum absolute atomic E-state index is 0.0187. The Bertz CT molecular complexity index is 998. The Kier molecular flexibility index (Phi) is 7.49. The van der Waals surface area contributed by atoms with E-state index in [-0.39, 0.29) is 11.7 Å². The summed E-state index contributed by atoms with van der Waals surface area (Å²) >= 11 is 0. The standard InChI is InChI=1S/C28H36N2O3/c1-4-30(22-13-15-33-16-14-22)26-12-8-11-24-23(26)10-7-5-6-9-21-17-20(2)18-27(31)25(21)19-29(3)28(24)32/h5,7-8,11-12,17,22H,4,6,9-10,13-16,18-19H2,1-3H3/b7-5+. The summed E-state index contributed by atoms with van der Waals surface area (Å²) in [7, 11) is 1.82. The van der Waals surface area contributed by atoms with Gasteiger partial charge in [-0.2, -0.15) is 0 Å². The number of rotatable bonds is 3. The molecule has 4 rings (SSSR count). The molecule has 5 nitrogen and oxygen atoms in total. The Morgan fingerprint density at radius 3 is 2.70 bits per heavy atom. The van der Waals surface area contributed by atoms with Crippen molar-refractivity contribution in [1.29, 1.82) is 0 Å². The van der Waals surface area contributed by atoms with E-state index in [4.69, 9.17) is 4.74 Å². The molecule has 1 aliphatic carbocycles. The van der Waals surface area contributed by atoms with Crippen molar-refractivity contribution in [3.05, 3.63) is 64.3 Å². The van der Waals surface area contributed by atoms with Crippen LogP contribution >= 0.6 is 0 Å². The fourth-order valence-electron chi connectivity index (χ4n) is 5.34. The highest BCUT2D eigenvalue weighted by atomic mass is 16.5. The molecule has 0 aromatic heterocycles. The topological polar surface area (TPSA) is 49.9 Å². The summed E-state index contributed by atoms with van der Waals surface area (Å²) in [4.78, 5) is 30.7. The average molecular weight is 449 g/mol. The summed E-state index contributed by atoms with van der Waals surface area (Å²) in [5.41, 5.74) is 5.95. The molecule has 2 heterocycles. The van der Waals surface area contributed by atoms with Crippen molar-refractivity contribution in [2.45, 2.75) is 58.4 Å². The van der Waals surface area contributed by atoms with Crippen molar-refractivity contribution in [1.82, 2.24) is 4.90 Å². The molecule has 0 saturated carbocycles. The highest BCUT2D eigenvalue weighted by Crippen LogP contribution is 2.31. The van der Waals surface area contributed by atoms with Gasteiger partial charge in [0.1, 0.15) is 0 Å². The summed E-state index contributed by atoms with van der Waals surface area (Å²) in [5.74, 6) is 0.131. The van der Waals surface area contributed by atoms with Gasteiger partial charge in [-0.05, 0) is 69.2 Å².